The molecule has 5 heteroatoms. The molecule has 5 nitrogen and oxygen atoms in total. The Morgan fingerprint density at radius 1 is 0.892 bits per heavy atom. The minimum Gasteiger partial charge on any atom is -0.348 e. The number of aryl methyl sites for hydroxylation is 1. The lowest BCUT2D eigenvalue weighted by Gasteiger charge is -2.32. The van der Waals surface area contributed by atoms with Gasteiger partial charge in [-0.1, -0.05) is 80.1 Å². The zero-order valence-electron chi connectivity index (χ0n) is 21.6. The average Bonchev–Trinajstić information content (AvgIpc) is 3.44. The number of likely N-dealkylation sites (tertiary alicyclic amines) is 1. The Balaban J connectivity index is 1.18. The van der Waals surface area contributed by atoms with Crippen molar-refractivity contribution >= 4 is 5.91 Å². The van der Waals surface area contributed by atoms with E-state index in [0.717, 1.165) is 44.6 Å². The van der Waals surface area contributed by atoms with Crippen LogP contribution in [-0.4, -0.2) is 39.5 Å². The van der Waals surface area contributed by atoms with Crippen LogP contribution >= 0.6 is 0 Å². The van der Waals surface area contributed by atoms with Crippen LogP contribution in [0.1, 0.15) is 54.2 Å². The first kappa shape index (κ1) is 25.0. The molecule has 0 saturated carbocycles. The van der Waals surface area contributed by atoms with Crippen molar-refractivity contribution in [3.63, 3.8) is 0 Å². The van der Waals surface area contributed by atoms with Crippen molar-refractivity contribution < 1.29 is 4.79 Å². The van der Waals surface area contributed by atoms with Gasteiger partial charge < -0.3 is 5.32 Å². The van der Waals surface area contributed by atoms with Crippen molar-refractivity contribution in [2.45, 2.75) is 51.6 Å². The Kier molecular flexibility index (Phi) is 8.11. The molecule has 1 amide bonds. The topological polar surface area (TPSA) is 50.2 Å². The van der Waals surface area contributed by atoms with Gasteiger partial charge in [-0.15, -0.1) is 0 Å². The first-order valence-corrected chi connectivity index (χ1v) is 13.5. The average molecular weight is 493 g/mol. The van der Waals surface area contributed by atoms with E-state index in [2.05, 4.69) is 101 Å². The number of amides is 1. The number of carbonyl (C=O) groups is 1. The van der Waals surface area contributed by atoms with Crippen molar-refractivity contribution in [1.29, 1.82) is 0 Å². The summed E-state index contributed by atoms with van der Waals surface area (Å²) in [6.45, 7) is 5.16. The quantitative estimate of drug-likeness (QED) is 0.299. The van der Waals surface area contributed by atoms with Gasteiger partial charge in [0.15, 0.2) is 0 Å². The van der Waals surface area contributed by atoms with E-state index < -0.39 is 0 Å². The van der Waals surface area contributed by atoms with Crippen LogP contribution in [-0.2, 0) is 13.0 Å². The molecule has 0 atom stereocenters. The Labute approximate surface area is 220 Å². The Bertz CT molecular complexity index is 1270. The van der Waals surface area contributed by atoms with Gasteiger partial charge in [-0.05, 0) is 60.1 Å². The smallest absolute Gasteiger partial charge is 0.270 e. The van der Waals surface area contributed by atoms with Crippen molar-refractivity contribution in [3.8, 4) is 16.8 Å². The standard InChI is InChI=1S/C32H36N4O/c1-2-3-7-25-10-12-27(13-11-25)28-14-16-30(17-15-28)36-24-33-22-31(36)32(37)34-29-18-20-35(21-19-29)23-26-8-5-4-6-9-26/h4-6,8-17,22,24,29H,2-3,7,18-21,23H2,1H3,(H,34,37). The lowest BCUT2D eigenvalue weighted by molar-refractivity contribution is 0.0902. The third kappa shape index (κ3) is 6.36. The number of nitrogens with zero attached hydrogens (tertiary/aromatic N) is 3. The fourth-order valence-electron chi connectivity index (χ4n) is 5.06. The van der Waals surface area contributed by atoms with Crippen molar-refractivity contribution in [2.24, 2.45) is 0 Å². The predicted octanol–water partition coefficient (Wildman–Crippen LogP) is 6.28. The fraction of sp³-hybridized carbons (Fsp3) is 0.312. The van der Waals surface area contributed by atoms with E-state index in [1.165, 1.54) is 35.1 Å². The summed E-state index contributed by atoms with van der Waals surface area (Å²) in [5.74, 6) is -0.0641. The number of hydrogen-bond donors (Lipinski definition) is 1. The van der Waals surface area contributed by atoms with Crippen LogP contribution in [0.25, 0.3) is 16.8 Å². The number of imidazole rings is 1. The Morgan fingerprint density at radius 2 is 1.57 bits per heavy atom. The highest BCUT2D eigenvalue weighted by atomic mass is 16.2. The highest BCUT2D eigenvalue weighted by molar-refractivity contribution is 5.93. The summed E-state index contributed by atoms with van der Waals surface area (Å²) in [7, 11) is 0. The molecule has 1 aromatic heterocycles. The molecule has 190 valence electrons. The molecule has 0 bridgehead atoms. The minimum absolute atomic E-state index is 0.0641. The number of piperidine rings is 1. The first-order valence-electron chi connectivity index (χ1n) is 13.5. The van der Waals surface area contributed by atoms with Gasteiger partial charge in [-0.25, -0.2) is 4.98 Å². The summed E-state index contributed by atoms with van der Waals surface area (Å²) >= 11 is 0. The highest BCUT2D eigenvalue weighted by Gasteiger charge is 2.23. The molecule has 1 saturated heterocycles. The first-order chi connectivity index (χ1) is 18.2. The zero-order chi connectivity index (χ0) is 25.5. The van der Waals surface area contributed by atoms with Gasteiger partial charge in [-0.3, -0.25) is 14.3 Å². The third-order valence-corrected chi connectivity index (χ3v) is 7.29. The van der Waals surface area contributed by atoms with E-state index in [1.807, 2.05) is 4.57 Å². The molecule has 1 aliphatic rings. The van der Waals surface area contributed by atoms with E-state index in [-0.39, 0.29) is 11.9 Å². The number of benzene rings is 3. The summed E-state index contributed by atoms with van der Waals surface area (Å²) in [6, 6.07) is 27.9. The molecule has 1 aliphatic heterocycles. The van der Waals surface area contributed by atoms with Gasteiger partial charge in [-0.2, -0.15) is 0 Å². The zero-order valence-corrected chi connectivity index (χ0v) is 21.6. The second kappa shape index (κ2) is 12.0. The maximum Gasteiger partial charge on any atom is 0.270 e. The van der Waals surface area contributed by atoms with Crippen LogP contribution in [0.2, 0.25) is 0 Å². The van der Waals surface area contributed by atoms with E-state index in [9.17, 15) is 4.79 Å². The molecule has 0 unspecified atom stereocenters. The molecule has 1 N–H and O–H groups in total. The minimum atomic E-state index is -0.0641. The maximum atomic E-state index is 13.2. The molecule has 0 radical (unpaired) electrons. The van der Waals surface area contributed by atoms with Crippen LogP contribution in [0.3, 0.4) is 0 Å². The molecule has 3 aromatic carbocycles. The lowest BCUT2D eigenvalue weighted by Crippen LogP contribution is -2.44. The summed E-state index contributed by atoms with van der Waals surface area (Å²) < 4.78 is 1.87. The largest absolute Gasteiger partial charge is 0.348 e. The second-order valence-corrected chi connectivity index (χ2v) is 10.0. The molecule has 5 rings (SSSR count). The van der Waals surface area contributed by atoms with Crippen molar-refractivity contribution in [2.75, 3.05) is 13.1 Å². The van der Waals surface area contributed by atoms with Crippen LogP contribution in [0, 0.1) is 0 Å². The van der Waals surface area contributed by atoms with Gasteiger partial charge in [0.05, 0.1) is 12.5 Å². The number of unbranched alkanes of at least 4 members (excludes halogenated alkanes) is 1. The van der Waals surface area contributed by atoms with E-state index in [1.54, 1.807) is 12.5 Å². The number of carbonyl (C=O) groups excluding carboxylic acids is 1. The van der Waals surface area contributed by atoms with E-state index in [0.29, 0.717) is 5.69 Å². The van der Waals surface area contributed by atoms with Gasteiger partial charge in [0, 0.05) is 31.4 Å². The SMILES string of the molecule is CCCCc1ccc(-c2ccc(-n3cncc3C(=O)NC3CCN(Cc4ccccc4)CC3)cc2)cc1. The van der Waals surface area contributed by atoms with Crippen molar-refractivity contribution in [3.05, 3.63) is 108 Å². The summed E-state index contributed by atoms with van der Waals surface area (Å²) in [4.78, 5) is 19.9. The van der Waals surface area contributed by atoms with Crippen LogP contribution in [0.15, 0.2) is 91.4 Å². The molecule has 37 heavy (non-hydrogen) atoms. The normalized spacial score (nSPS) is 14.5. The second-order valence-electron chi connectivity index (χ2n) is 10.0. The molecule has 2 heterocycles. The number of hydrogen-bond acceptors (Lipinski definition) is 3. The number of rotatable bonds is 9. The summed E-state index contributed by atoms with van der Waals surface area (Å²) in [5.41, 5.74) is 6.60. The number of nitrogens with one attached hydrogen (secondary N) is 1. The molecule has 0 spiro atoms. The lowest BCUT2D eigenvalue weighted by atomic mass is 10.0. The van der Waals surface area contributed by atoms with Gasteiger partial charge in [0.2, 0.25) is 0 Å². The van der Waals surface area contributed by atoms with Crippen molar-refractivity contribution in [1.82, 2.24) is 19.8 Å². The van der Waals surface area contributed by atoms with Gasteiger partial charge in [0.1, 0.15) is 5.69 Å². The van der Waals surface area contributed by atoms with E-state index in [4.69, 9.17) is 0 Å². The summed E-state index contributed by atoms with van der Waals surface area (Å²) in [6.07, 6.45) is 8.86. The molecular formula is C32H36N4O. The maximum absolute atomic E-state index is 13.2. The predicted molar refractivity (Wildman–Crippen MR) is 150 cm³/mol. The molecule has 1 fully saturated rings. The molecular weight excluding hydrogens is 456 g/mol. The van der Waals surface area contributed by atoms with Crippen LogP contribution in [0.5, 0.6) is 0 Å². The Hall–Kier alpha value is -3.70. The highest BCUT2D eigenvalue weighted by Crippen LogP contribution is 2.23. The van der Waals surface area contributed by atoms with Crippen LogP contribution < -0.4 is 5.32 Å². The third-order valence-electron chi connectivity index (χ3n) is 7.29. The van der Waals surface area contributed by atoms with Gasteiger partial charge in [0.25, 0.3) is 5.91 Å². The molecule has 4 aromatic rings. The van der Waals surface area contributed by atoms with Crippen LogP contribution in [0.4, 0.5) is 0 Å². The summed E-state index contributed by atoms with van der Waals surface area (Å²) in [5, 5.41) is 3.25. The monoisotopic (exact) mass is 492 g/mol. The number of aromatic nitrogens is 2. The van der Waals surface area contributed by atoms with Gasteiger partial charge >= 0.3 is 0 Å². The fourth-order valence-corrected chi connectivity index (χ4v) is 5.06. The molecule has 0 aliphatic carbocycles. The van der Waals surface area contributed by atoms with E-state index >= 15 is 0 Å². The Morgan fingerprint density at radius 3 is 2.24 bits per heavy atom.